The van der Waals surface area contributed by atoms with Gasteiger partial charge >= 0.3 is 6.18 Å². The van der Waals surface area contributed by atoms with Gasteiger partial charge in [0.15, 0.2) is 0 Å². The predicted molar refractivity (Wildman–Crippen MR) is 121 cm³/mol. The molecule has 0 aliphatic heterocycles. The second-order valence-corrected chi connectivity index (χ2v) is 8.64. The molecule has 1 N–H and O–H groups in total. The predicted octanol–water partition coefficient (Wildman–Crippen LogP) is 5.37. The standard InChI is InChI=1S/C23H19F3N4O2S/c1-13-18-12-19(20(31)27-16-8-4-6-14(10-16)21(32)29(2)3)33-22(18)30(28-13)17-9-5-7-15(11-17)23(24,25)26/h4-12H,1-3H3,(H,27,31). The average molecular weight is 472 g/mol. The third-order valence-corrected chi connectivity index (χ3v) is 6.07. The topological polar surface area (TPSA) is 67.2 Å². The zero-order chi connectivity index (χ0) is 23.9. The minimum absolute atomic E-state index is 0.190. The minimum atomic E-state index is -4.47. The summed E-state index contributed by atoms with van der Waals surface area (Å²) in [6.45, 7) is 1.73. The van der Waals surface area contributed by atoms with Crippen LogP contribution in [0.5, 0.6) is 0 Å². The van der Waals surface area contributed by atoms with Crippen LogP contribution in [0, 0.1) is 6.92 Å². The molecule has 33 heavy (non-hydrogen) atoms. The largest absolute Gasteiger partial charge is 0.416 e. The minimum Gasteiger partial charge on any atom is -0.345 e. The van der Waals surface area contributed by atoms with E-state index in [1.165, 1.54) is 21.7 Å². The van der Waals surface area contributed by atoms with Crippen molar-refractivity contribution in [3.05, 3.63) is 76.3 Å². The first kappa shape index (κ1) is 22.5. The van der Waals surface area contributed by atoms with Gasteiger partial charge in [-0.2, -0.15) is 18.3 Å². The Kier molecular flexibility index (Phi) is 5.71. The molecular formula is C23H19F3N4O2S. The van der Waals surface area contributed by atoms with Gasteiger partial charge in [0.1, 0.15) is 4.83 Å². The summed E-state index contributed by atoms with van der Waals surface area (Å²) in [4.78, 5) is 27.4. The number of nitrogens with zero attached hydrogens (tertiary/aromatic N) is 3. The first-order valence-electron chi connectivity index (χ1n) is 9.84. The van der Waals surface area contributed by atoms with Crippen molar-refractivity contribution in [2.24, 2.45) is 0 Å². The van der Waals surface area contributed by atoms with E-state index in [0.29, 0.717) is 32.0 Å². The highest BCUT2D eigenvalue weighted by molar-refractivity contribution is 7.20. The maximum absolute atomic E-state index is 13.1. The van der Waals surface area contributed by atoms with Crippen LogP contribution >= 0.6 is 11.3 Å². The Morgan fingerprint density at radius 3 is 2.48 bits per heavy atom. The Balaban J connectivity index is 1.66. The number of hydrogen-bond acceptors (Lipinski definition) is 4. The molecule has 0 aliphatic rings. The SMILES string of the molecule is Cc1nn(-c2cccc(C(F)(F)F)c2)c2sc(C(=O)Nc3cccc(C(=O)N(C)C)c3)cc12. The Morgan fingerprint density at radius 1 is 1.06 bits per heavy atom. The van der Waals surface area contributed by atoms with Crippen LogP contribution in [0.15, 0.2) is 54.6 Å². The number of aromatic nitrogens is 2. The van der Waals surface area contributed by atoms with Crippen LogP contribution in [0.25, 0.3) is 15.9 Å². The Bertz CT molecular complexity index is 1370. The van der Waals surface area contributed by atoms with Crippen molar-refractivity contribution in [1.82, 2.24) is 14.7 Å². The number of carbonyl (C=O) groups excluding carboxylic acids is 2. The number of thiophene rings is 1. The summed E-state index contributed by atoms with van der Waals surface area (Å²) in [6.07, 6.45) is -4.47. The molecular weight excluding hydrogens is 453 g/mol. The van der Waals surface area contributed by atoms with Gasteiger partial charge in [-0.25, -0.2) is 4.68 Å². The number of amides is 2. The summed E-state index contributed by atoms with van der Waals surface area (Å²) in [7, 11) is 3.28. The molecule has 0 bridgehead atoms. The summed E-state index contributed by atoms with van der Waals surface area (Å²) in [5.74, 6) is -0.578. The molecule has 0 saturated heterocycles. The van der Waals surface area contributed by atoms with E-state index in [-0.39, 0.29) is 17.5 Å². The second-order valence-electron chi connectivity index (χ2n) is 7.61. The number of benzene rings is 2. The third-order valence-electron chi connectivity index (χ3n) is 4.96. The first-order valence-corrected chi connectivity index (χ1v) is 10.7. The monoisotopic (exact) mass is 472 g/mol. The van der Waals surface area contributed by atoms with Gasteiger partial charge in [0.25, 0.3) is 11.8 Å². The van der Waals surface area contributed by atoms with Gasteiger partial charge in [-0.1, -0.05) is 12.1 Å². The van der Waals surface area contributed by atoms with E-state index in [2.05, 4.69) is 10.4 Å². The van der Waals surface area contributed by atoms with Crippen LogP contribution in [0.4, 0.5) is 18.9 Å². The lowest BCUT2D eigenvalue weighted by Gasteiger charge is -2.11. The number of halogens is 3. The van der Waals surface area contributed by atoms with Crippen molar-refractivity contribution in [2.45, 2.75) is 13.1 Å². The van der Waals surface area contributed by atoms with E-state index in [4.69, 9.17) is 0 Å². The molecule has 2 aromatic heterocycles. The fourth-order valence-electron chi connectivity index (χ4n) is 3.33. The number of carbonyl (C=O) groups is 2. The van der Waals surface area contributed by atoms with Crippen LogP contribution < -0.4 is 5.32 Å². The average Bonchev–Trinajstić information content (AvgIpc) is 3.33. The van der Waals surface area contributed by atoms with Gasteiger partial charge in [0.2, 0.25) is 0 Å². The lowest BCUT2D eigenvalue weighted by Crippen LogP contribution is -2.21. The molecule has 4 aromatic rings. The van der Waals surface area contributed by atoms with Crippen molar-refractivity contribution >= 4 is 39.1 Å². The molecule has 0 fully saturated rings. The van der Waals surface area contributed by atoms with Crippen LogP contribution in [-0.2, 0) is 6.18 Å². The Hall–Kier alpha value is -3.66. The molecule has 0 unspecified atom stereocenters. The van der Waals surface area contributed by atoms with Gasteiger partial charge < -0.3 is 10.2 Å². The van der Waals surface area contributed by atoms with E-state index in [9.17, 15) is 22.8 Å². The van der Waals surface area contributed by atoms with E-state index in [0.717, 1.165) is 23.5 Å². The quantitative estimate of drug-likeness (QED) is 0.434. The fraction of sp³-hybridized carbons (Fsp3) is 0.174. The lowest BCUT2D eigenvalue weighted by atomic mass is 10.2. The molecule has 2 heterocycles. The molecule has 6 nitrogen and oxygen atoms in total. The number of nitrogens with one attached hydrogen (secondary N) is 1. The number of aryl methyl sites for hydroxylation is 1. The third kappa shape index (κ3) is 4.47. The van der Waals surface area contributed by atoms with E-state index in [1.807, 2.05) is 0 Å². The van der Waals surface area contributed by atoms with Crippen molar-refractivity contribution < 1.29 is 22.8 Å². The number of anilines is 1. The Labute approximate surface area is 191 Å². The number of fused-ring (bicyclic) bond motifs is 1. The summed E-state index contributed by atoms with van der Waals surface area (Å²) in [5.41, 5.74) is 0.970. The number of rotatable bonds is 4. The summed E-state index contributed by atoms with van der Waals surface area (Å²) in [5, 5.41) is 7.81. The highest BCUT2D eigenvalue weighted by atomic mass is 32.1. The van der Waals surface area contributed by atoms with Crippen LogP contribution in [-0.4, -0.2) is 40.6 Å². The molecule has 170 valence electrons. The highest BCUT2D eigenvalue weighted by Crippen LogP contribution is 2.34. The van der Waals surface area contributed by atoms with Gasteiger partial charge in [0.05, 0.1) is 21.8 Å². The zero-order valence-electron chi connectivity index (χ0n) is 17.9. The molecule has 2 aromatic carbocycles. The van der Waals surface area contributed by atoms with Crippen molar-refractivity contribution in [1.29, 1.82) is 0 Å². The van der Waals surface area contributed by atoms with Gasteiger partial charge in [0, 0.05) is 30.7 Å². The smallest absolute Gasteiger partial charge is 0.345 e. The molecule has 0 radical (unpaired) electrons. The highest BCUT2D eigenvalue weighted by Gasteiger charge is 2.31. The first-order chi connectivity index (χ1) is 15.5. The van der Waals surface area contributed by atoms with Crippen molar-refractivity contribution in [3.8, 4) is 5.69 Å². The molecule has 4 rings (SSSR count). The molecule has 0 atom stereocenters. The van der Waals surface area contributed by atoms with E-state index < -0.39 is 11.7 Å². The van der Waals surface area contributed by atoms with E-state index >= 15 is 0 Å². The van der Waals surface area contributed by atoms with Crippen LogP contribution in [0.2, 0.25) is 0 Å². The molecule has 10 heteroatoms. The van der Waals surface area contributed by atoms with Gasteiger partial charge in [-0.15, -0.1) is 11.3 Å². The van der Waals surface area contributed by atoms with Crippen molar-refractivity contribution in [3.63, 3.8) is 0 Å². The summed E-state index contributed by atoms with van der Waals surface area (Å²) in [6, 6.07) is 13.1. The fourth-order valence-corrected chi connectivity index (χ4v) is 4.41. The molecule has 2 amide bonds. The molecule has 0 spiro atoms. The Morgan fingerprint density at radius 2 is 1.79 bits per heavy atom. The van der Waals surface area contributed by atoms with Gasteiger partial charge in [-0.05, 0) is 49.4 Å². The molecule has 0 saturated carbocycles. The summed E-state index contributed by atoms with van der Waals surface area (Å²) >= 11 is 1.13. The maximum Gasteiger partial charge on any atom is 0.416 e. The maximum atomic E-state index is 13.1. The second kappa shape index (κ2) is 8.36. The zero-order valence-corrected chi connectivity index (χ0v) is 18.7. The summed E-state index contributed by atoms with van der Waals surface area (Å²) < 4.78 is 40.8. The van der Waals surface area contributed by atoms with Crippen molar-refractivity contribution in [2.75, 3.05) is 19.4 Å². The van der Waals surface area contributed by atoms with E-state index in [1.54, 1.807) is 51.4 Å². The number of alkyl halides is 3. The lowest BCUT2D eigenvalue weighted by molar-refractivity contribution is -0.137. The van der Waals surface area contributed by atoms with Crippen LogP contribution in [0.3, 0.4) is 0 Å². The molecule has 0 aliphatic carbocycles. The van der Waals surface area contributed by atoms with Gasteiger partial charge in [-0.3, -0.25) is 9.59 Å². The normalized spacial score (nSPS) is 11.6. The number of hydrogen-bond donors (Lipinski definition) is 1. The van der Waals surface area contributed by atoms with Crippen LogP contribution in [0.1, 0.15) is 31.3 Å².